The average Bonchev–Trinajstić information content (AvgIpc) is 2.65. The molecule has 0 aliphatic rings. The minimum Gasteiger partial charge on any atom is -0.494 e. The summed E-state index contributed by atoms with van der Waals surface area (Å²) >= 11 is 0. The van der Waals surface area contributed by atoms with Crippen molar-refractivity contribution in [3.8, 4) is 5.75 Å². The summed E-state index contributed by atoms with van der Waals surface area (Å²) in [5, 5.41) is 4.01. The molecule has 0 saturated heterocycles. The molecule has 5 nitrogen and oxygen atoms in total. The van der Waals surface area contributed by atoms with Crippen LogP contribution in [0.4, 0.5) is 5.69 Å². The number of hydrazone groups is 1. The van der Waals surface area contributed by atoms with Crippen molar-refractivity contribution >= 4 is 17.8 Å². The normalized spacial score (nSPS) is 10.7. The lowest BCUT2D eigenvalue weighted by atomic mass is 10.2. The van der Waals surface area contributed by atoms with Gasteiger partial charge in [0.1, 0.15) is 5.75 Å². The molecule has 0 fully saturated rings. The van der Waals surface area contributed by atoms with Crippen LogP contribution < -0.4 is 15.1 Å². The zero-order valence-corrected chi connectivity index (χ0v) is 15.0. The van der Waals surface area contributed by atoms with Crippen LogP contribution in [0, 0.1) is 0 Å². The van der Waals surface area contributed by atoms with Crippen molar-refractivity contribution in [2.24, 2.45) is 5.10 Å². The lowest BCUT2D eigenvalue weighted by Crippen LogP contribution is -2.22. The molecule has 0 radical (unpaired) electrons. The zero-order valence-electron chi connectivity index (χ0n) is 15.0. The van der Waals surface area contributed by atoms with E-state index in [0.29, 0.717) is 12.2 Å². The van der Waals surface area contributed by atoms with Gasteiger partial charge in [-0.2, -0.15) is 5.10 Å². The molecule has 0 atom stereocenters. The molecule has 0 aromatic heterocycles. The topological polar surface area (TPSA) is 53.9 Å². The Morgan fingerprint density at radius 3 is 2.24 bits per heavy atom. The molecule has 0 aliphatic carbocycles. The fraction of sp³-hybridized carbons (Fsp3) is 0.300. The fourth-order valence-electron chi connectivity index (χ4n) is 2.46. The summed E-state index contributed by atoms with van der Waals surface area (Å²) in [7, 11) is 0. The molecule has 0 heterocycles. The van der Waals surface area contributed by atoms with E-state index in [1.165, 1.54) is 0 Å². The number of nitrogens with one attached hydrogen (secondary N) is 1. The highest BCUT2D eigenvalue weighted by Gasteiger charge is 2.06. The van der Waals surface area contributed by atoms with Crippen molar-refractivity contribution in [3.05, 3.63) is 59.7 Å². The number of hydrogen-bond donors (Lipinski definition) is 1. The van der Waals surface area contributed by atoms with Crippen LogP contribution in [0.2, 0.25) is 0 Å². The lowest BCUT2D eigenvalue weighted by molar-refractivity contribution is 0.0955. The van der Waals surface area contributed by atoms with Gasteiger partial charge in [0.25, 0.3) is 5.91 Å². The van der Waals surface area contributed by atoms with Gasteiger partial charge >= 0.3 is 0 Å². The van der Waals surface area contributed by atoms with Crippen molar-refractivity contribution < 1.29 is 9.53 Å². The molecule has 0 bridgehead atoms. The summed E-state index contributed by atoms with van der Waals surface area (Å²) in [4.78, 5) is 14.4. The summed E-state index contributed by atoms with van der Waals surface area (Å²) in [6.45, 7) is 8.68. The fourth-order valence-corrected chi connectivity index (χ4v) is 2.46. The van der Waals surface area contributed by atoms with Crippen LogP contribution in [0.5, 0.6) is 5.75 Å². The van der Waals surface area contributed by atoms with E-state index in [2.05, 4.69) is 29.3 Å². The Hall–Kier alpha value is -2.82. The molecule has 5 heteroatoms. The van der Waals surface area contributed by atoms with E-state index in [0.717, 1.165) is 30.1 Å². The number of hydrogen-bond acceptors (Lipinski definition) is 4. The van der Waals surface area contributed by atoms with Gasteiger partial charge in [0.05, 0.1) is 12.8 Å². The van der Waals surface area contributed by atoms with Crippen LogP contribution in [0.15, 0.2) is 53.6 Å². The monoisotopic (exact) mass is 339 g/mol. The van der Waals surface area contributed by atoms with E-state index in [1.807, 2.05) is 55.5 Å². The SMILES string of the molecule is CCOc1ccc(/C=N\NC(=O)c2ccc(N(CC)CC)cc2)cc1. The molecule has 2 rings (SSSR count). The second-order valence-electron chi connectivity index (χ2n) is 5.42. The zero-order chi connectivity index (χ0) is 18.1. The standard InChI is InChI=1S/C20H25N3O2/c1-4-23(5-2)18-11-9-17(10-12-18)20(24)22-21-15-16-7-13-19(14-8-16)25-6-3/h7-15H,4-6H2,1-3H3,(H,22,24)/b21-15-. The molecule has 0 spiro atoms. The quantitative estimate of drug-likeness (QED) is 0.589. The number of anilines is 1. The smallest absolute Gasteiger partial charge is 0.271 e. The predicted molar refractivity (Wildman–Crippen MR) is 103 cm³/mol. The van der Waals surface area contributed by atoms with E-state index >= 15 is 0 Å². The van der Waals surface area contributed by atoms with E-state index in [1.54, 1.807) is 6.21 Å². The van der Waals surface area contributed by atoms with Crippen LogP contribution in [0.3, 0.4) is 0 Å². The third-order valence-corrected chi connectivity index (χ3v) is 3.83. The molecular weight excluding hydrogens is 314 g/mol. The summed E-state index contributed by atoms with van der Waals surface area (Å²) < 4.78 is 5.39. The molecule has 1 N–H and O–H groups in total. The Morgan fingerprint density at radius 2 is 1.68 bits per heavy atom. The predicted octanol–water partition coefficient (Wildman–Crippen LogP) is 3.70. The molecule has 0 aliphatic heterocycles. The summed E-state index contributed by atoms with van der Waals surface area (Å²) in [5.41, 5.74) is 5.13. The van der Waals surface area contributed by atoms with Crippen molar-refractivity contribution in [3.63, 3.8) is 0 Å². The van der Waals surface area contributed by atoms with Gasteiger partial charge in [-0.05, 0) is 74.9 Å². The molecule has 132 valence electrons. The number of carbonyl (C=O) groups is 1. The van der Waals surface area contributed by atoms with E-state index < -0.39 is 0 Å². The number of benzene rings is 2. The highest BCUT2D eigenvalue weighted by Crippen LogP contribution is 2.15. The minimum atomic E-state index is -0.228. The van der Waals surface area contributed by atoms with Crippen LogP contribution in [-0.4, -0.2) is 31.8 Å². The number of nitrogens with zero attached hydrogens (tertiary/aromatic N) is 2. The Bertz CT molecular complexity index is 690. The summed E-state index contributed by atoms with van der Waals surface area (Å²) in [6.07, 6.45) is 1.61. The first-order chi connectivity index (χ1) is 12.2. The van der Waals surface area contributed by atoms with Crippen LogP contribution >= 0.6 is 0 Å². The van der Waals surface area contributed by atoms with Crippen LogP contribution in [0.25, 0.3) is 0 Å². The number of rotatable bonds is 8. The van der Waals surface area contributed by atoms with Crippen molar-refractivity contribution in [2.75, 3.05) is 24.6 Å². The van der Waals surface area contributed by atoms with Crippen molar-refractivity contribution in [1.29, 1.82) is 0 Å². The van der Waals surface area contributed by atoms with E-state index in [-0.39, 0.29) is 5.91 Å². The minimum absolute atomic E-state index is 0.228. The first-order valence-electron chi connectivity index (χ1n) is 8.59. The van der Waals surface area contributed by atoms with Gasteiger partial charge in [0.2, 0.25) is 0 Å². The third kappa shape index (κ3) is 5.35. The molecule has 0 unspecified atom stereocenters. The van der Waals surface area contributed by atoms with Gasteiger partial charge in [0.15, 0.2) is 0 Å². The first-order valence-corrected chi connectivity index (χ1v) is 8.59. The maximum absolute atomic E-state index is 12.1. The second-order valence-corrected chi connectivity index (χ2v) is 5.42. The largest absolute Gasteiger partial charge is 0.494 e. The maximum Gasteiger partial charge on any atom is 0.271 e. The van der Waals surface area contributed by atoms with Gasteiger partial charge in [-0.15, -0.1) is 0 Å². The molecule has 2 aromatic carbocycles. The number of carbonyl (C=O) groups excluding carboxylic acids is 1. The van der Waals surface area contributed by atoms with Gasteiger partial charge in [-0.25, -0.2) is 5.43 Å². The maximum atomic E-state index is 12.1. The summed E-state index contributed by atoms with van der Waals surface area (Å²) in [5.74, 6) is 0.588. The summed E-state index contributed by atoms with van der Waals surface area (Å²) in [6, 6.07) is 15.1. The average molecular weight is 339 g/mol. The first kappa shape index (κ1) is 18.5. The van der Waals surface area contributed by atoms with Crippen LogP contribution in [0.1, 0.15) is 36.7 Å². The highest BCUT2D eigenvalue weighted by molar-refractivity contribution is 5.95. The molecule has 2 aromatic rings. The van der Waals surface area contributed by atoms with Gasteiger partial charge in [-0.1, -0.05) is 0 Å². The van der Waals surface area contributed by atoms with Gasteiger partial charge < -0.3 is 9.64 Å². The van der Waals surface area contributed by atoms with Gasteiger partial charge in [-0.3, -0.25) is 4.79 Å². The Kier molecular flexibility index (Phi) is 7.01. The van der Waals surface area contributed by atoms with Crippen molar-refractivity contribution in [2.45, 2.75) is 20.8 Å². The van der Waals surface area contributed by atoms with Crippen LogP contribution in [-0.2, 0) is 0 Å². The Balaban J connectivity index is 1.93. The van der Waals surface area contributed by atoms with E-state index in [9.17, 15) is 4.79 Å². The Morgan fingerprint density at radius 1 is 1.04 bits per heavy atom. The second kappa shape index (κ2) is 9.47. The Labute approximate surface area is 149 Å². The number of amides is 1. The van der Waals surface area contributed by atoms with Crippen molar-refractivity contribution in [1.82, 2.24) is 5.43 Å². The third-order valence-electron chi connectivity index (χ3n) is 3.83. The molecule has 1 amide bonds. The number of ether oxygens (including phenoxy) is 1. The molecule has 25 heavy (non-hydrogen) atoms. The van der Waals surface area contributed by atoms with Gasteiger partial charge in [0, 0.05) is 24.3 Å². The van der Waals surface area contributed by atoms with E-state index in [4.69, 9.17) is 4.74 Å². The molecule has 0 saturated carbocycles. The lowest BCUT2D eigenvalue weighted by Gasteiger charge is -2.20. The molecular formula is C20H25N3O2. The highest BCUT2D eigenvalue weighted by atomic mass is 16.5.